The molecule has 2 N–H and O–H groups in total. The number of likely N-dealkylation sites (tertiary alicyclic amines) is 1. The van der Waals surface area contributed by atoms with Crippen molar-refractivity contribution in [1.29, 1.82) is 5.41 Å². The largest absolute Gasteiger partial charge is 0.355 e. The van der Waals surface area contributed by atoms with Gasteiger partial charge in [-0.15, -0.1) is 0 Å². The van der Waals surface area contributed by atoms with Gasteiger partial charge in [-0.25, -0.2) is 0 Å². The highest BCUT2D eigenvalue weighted by molar-refractivity contribution is 6.30. The van der Waals surface area contributed by atoms with Crippen LogP contribution in [-0.4, -0.2) is 34.6 Å². The zero-order valence-electron chi connectivity index (χ0n) is 16.5. The third-order valence-corrected chi connectivity index (χ3v) is 5.70. The Hall–Kier alpha value is -3.18. The van der Waals surface area contributed by atoms with E-state index in [1.165, 1.54) is 0 Å². The highest BCUT2D eigenvalue weighted by atomic mass is 35.5. The quantitative estimate of drug-likeness (QED) is 0.545. The van der Waals surface area contributed by atoms with Gasteiger partial charge < -0.3 is 15.6 Å². The fraction of sp³-hybridized carbons (Fsp3) is 0.208. The third kappa shape index (κ3) is 4.69. The molecule has 1 aliphatic heterocycles. The highest BCUT2D eigenvalue weighted by Crippen LogP contribution is 2.24. The minimum Gasteiger partial charge on any atom is -0.355 e. The van der Waals surface area contributed by atoms with E-state index in [4.69, 9.17) is 17.0 Å². The number of pyridine rings is 1. The Bertz CT molecular complexity index is 1010. The molecule has 0 bridgehead atoms. The van der Waals surface area contributed by atoms with Gasteiger partial charge in [0.05, 0.1) is 0 Å². The molecule has 1 aliphatic rings. The molecule has 2 heterocycles. The van der Waals surface area contributed by atoms with Crippen LogP contribution in [0.4, 0.5) is 11.4 Å². The molecule has 5 nitrogen and oxygen atoms in total. The van der Waals surface area contributed by atoms with Gasteiger partial charge in [0.15, 0.2) is 0 Å². The molecule has 0 unspecified atom stereocenters. The number of anilines is 2. The van der Waals surface area contributed by atoms with E-state index in [9.17, 15) is 4.79 Å². The van der Waals surface area contributed by atoms with Crippen LogP contribution in [0.25, 0.3) is 0 Å². The number of benzene rings is 2. The summed E-state index contributed by atoms with van der Waals surface area (Å²) in [6.07, 6.45) is 5.07. The molecule has 0 radical (unpaired) electrons. The molecule has 30 heavy (non-hydrogen) atoms. The lowest BCUT2D eigenvalue weighted by atomic mass is 9.88. The summed E-state index contributed by atoms with van der Waals surface area (Å²) in [6, 6.07) is 18.7. The minimum absolute atomic E-state index is 0.0435. The van der Waals surface area contributed by atoms with Gasteiger partial charge in [-0.05, 0) is 66.9 Å². The molecule has 1 saturated heterocycles. The topological polar surface area (TPSA) is 69.1 Å². The molecule has 3 aromatic rings. The number of rotatable bonds is 5. The molecule has 6 heteroatoms. The first-order valence-corrected chi connectivity index (χ1v) is 10.4. The number of amides is 1. The van der Waals surface area contributed by atoms with Gasteiger partial charge in [-0.3, -0.25) is 9.78 Å². The van der Waals surface area contributed by atoms with Crippen molar-refractivity contribution in [2.24, 2.45) is 5.92 Å². The van der Waals surface area contributed by atoms with Gasteiger partial charge in [0.25, 0.3) is 5.91 Å². The lowest BCUT2D eigenvalue weighted by Gasteiger charge is -2.32. The van der Waals surface area contributed by atoms with Crippen LogP contribution in [0.3, 0.4) is 0 Å². The monoisotopic (exact) mass is 418 g/mol. The van der Waals surface area contributed by atoms with Crippen LogP contribution in [-0.2, 0) is 0 Å². The predicted molar refractivity (Wildman–Crippen MR) is 121 cm³/mol. The second kappa shape index (κ2) is 9.09. The summed E-state index contributed by atoms with van der Waals surface area (Å²) in [5.74, 6) is 0.212. The molecule has 2 aromatic carbocycles. The highest BCUT2D eigenvalue weighted by Gasteiger charge is 2.26. The van der Waals surface area contributed by atoms with Crippen LogP contribution >= 0.6 is 11.6 Å². The Morgan fingerprint density at radius 1 is 0.900 bits per heavy atom. The lowest BCUT2D eigenvalue weighted by Crippen LogP contribution is -2.40. The van der Waals surface area contributed by atoms with Crippen LogP contribution in [0.5, 0.6) is 0 Å². The first-order valence-electron chi connectivity index (χ1n) is 10.0. The van der Waals surface area contributed by atoms with E-state index < -0.39 is 0 Å². The van der Waals surface area contributed by atoms with Crippen molar-refractivity contribution in [3.05, 3.63) is 89.2 Å². The number of piperidine rings is 1. The Morgan fingerprint density at radius 3 is 2.10 bits per heavy atom. The molecule has 4 rings (SSSR count). The van der Waals surface area contributed by atoms with Gasteiger partial charge in [0, 0.05) is 59.1 Å². The van der Waals surface area contributed by atoms with Crippen molar-refractivity contribution in [3.8, 4) is 0 Å². The van der Waals surface area contributed by atoms with Gasteiger partial charge in [-0.1, -0.05) is 23.7 Å². The number of hydrogen-bond donors (Lipinski definition) is 2. The number of carbonyl (C=O) groups is 1. The predicted octanol–water partition coefficient (Wildman–Crippen LogP) is 5.40. The average Bonchev–Trinajstić information content (AvgIpc) is 2.80. The second-order valence-corrected chi connectivity index (χ2v) is 7.86. The van der Waals surface area contributed by atoms with Gasteiger partial charge in [0.1, 0.15) is 0 Å². The van der Waals surface area contributed by atoms with E-state index >= 15 is 0 Å². The van der Waals surface area contributed by atoms with Crippen LogP contribution in [0, 0.1) is 11.3 Å². The smallest absolute Gasteiger partial charge is 0.253 e. The third-order valence-electron chi connectivity index (χ3n) is 5.45. The Kier molecular flexibility index (Phi) is 6.10. The van der Waals surface area contributed by atoms with E-state index in [0.717, 1.165) is 29.8 Å². The summed E-state index contributed by atoms with van der Waals surface area (Å²) in [6.45, 7) is 1.33. The normalized spacial score (nSPS) is 14.4. The molecular weight excluding hydrogens is 396 g/mol. The zero-order chi connectivity index (χ0) is 20.9. The molecule has 152 valence electrons. The van der Waals surface area contributed by atoms with Crippen molar-refractivity contribution in [3.63, 3.8) is 0 Å². The zero-order valence-corrected chi connectivity index (χ0v) is 17.3. The van der Waals surface area contributed by atoms with Gasteiger partial charge in [-0.2, -0.15) is 0 Å². The minimum atomic E-state index is 0.0435. The van der Waals surface area contributed by atoms with Crippen molar-refractivity contribution in [2.75, 3.05) is 18.4 Å². The molecule has 1 amide bonds. The van der Waals surface area contributed by atoms with E-state index in [-0.39, 0.29) is 11.8 Å². The van der Waals surface area contributed by atoms with Crippen LogP contribution in [0.15, 0.2) is 73.1 Å². The first-order chi connectivity index (χ1) is 14.6. The number of carbonyl (C=O) groups excluding carboxylic acids is 1. The fourth-order valence-electron chi connectivity index (χ4n) is 3.72. The summed E-state index contributed by atoms with van der Waals surface area (Å²) in [5.41, 5.74) is 4.09. The Labute approximate surface area is 181 Å². The van der Waals surface area contributed by atoms with Crippen LogP contribution < -0.4 is 5.32 Å². The van der Waals surface area contributed by atoms with Crippen molar-refractivity contribution >= 4 is 34.6 Å². The summed E-state index contributed by atoms with van der Waals surface area (Å²) >= 11 is 5.94. The SMILES string of the molecule is N=C(c1ccc(Cl)cc1)C1CCN(C(=O)c2ccc(Nc3ccncc3)cc2)CC1. The number of aromatic nitrogens is 1. The summed E-state index contributed by atoms with van der Waals surface area (Å²) in [4.78, 5) is 18.8. The summed E-state index contributed by atoms with van der Waals surface area (Å²) in [7, 11) is 0. The fourth-order valence-corrected chi connectivity index (χ4v) is 3.84. The standard InChI is InChI=1S/C24H23ClN4O/c25-20-5-1-17(2-6-20)23(26)18-11-15-29(16-12-18)24(30)19-3-7-21(8-4-19)28-22-9-13-27-14-10-22/h1-10,13-14,18,26H,11-12,15-16H2,(H,27,28). The number of hydrogen-bond acceptors (Lipinski definition) is 4. The van der Waals surface area contributed by atoms with Crippen LogP contribution in [0.2, 0.25) is 5.02 Å². The van der Waals surface area contributed by atoms with Crippen molar-refractivity contribution < 1.29 is 4.79 Å². The summed E-state index contributed by atoms with van der Waals surface area (Å²) < 4.78 is 0. The van der Waals surface area contributed by atoms with E-state index in [1.54, 1.807) is 12.4 Å². The molecule has 0 saturated carbocycles. The van der Waals surface area contributed by atoms with E-state index in [0.29, 0.717) is 29.4 Å². The number of nitrogens with zero attached hydrogens (tertiary/aromatic N) is 2. The van der Waals surface area contributed by atoms with Crippen molar-refractivity contribution in [1.82, 2.24) is 9.88 Å². The maximum absolute atomic E-state index is 12.9. The maximum atomic E-state index is 12.9. The number of nitrogens with one attached hydrogen (secondary N) is 2. The van der Waals surface area contributed by atoms with Gasteiger partial charge in [0.2, 0.25) is 0 Å². The van der Waals surface area contributed by atoms with Gasteiger partial charge >= 0.3 is 0 Å². The van der Waals surface area contributed by atoms with Crippen molar-refractivity contribution in [2.45, 2.75) is 12.8 Å². The van der Waals surface area contributed by atoms with Crippen LogP contribution in [0.1, 0.15) is 28.8 Å². The van der Waals surface area contributed by atoms with E-state index in [2.05, 4.69) is 10.3 Å². The second-order valence-electron chi connectivity index (χ2n) is 7.43. The Morgan fingerprint density at radius 2 is 1.47 bits per heavy atom. The maximum Gasteiger partial charge on any atom is 0.253 e. The first kappa shape index (κ1) is 20.1. The van der Waals surface area contributed by atoms with E-state index in [1.807, 2.05) is 65.6 Å². The number of halogens is 1. The molecule has 1 fully saturated rings. The summed E-state index contributed by atoms with van der Waals surface area (Å²) in [5, 5.41) is 12.5. The lowest BCUT2D eigenvalue weighted by molar-refractivity contribution is 0.0710. The average molecular weight is 419 g/mol. The molecule has 0 atom stereocenters. The molecular formula is C24H23ClN4O. The Balaban J connectivity index is 1.33. The molecule has 0 spiro atoms. The molecule has 1 aromatic heterocycles. The molecule has 0 aliphatic carbocycles.